The van der Waals surface area contributed by atoms with Gasteiger partial charge in [-0.1, -0.05) is 6.92 Å². The summed E-state index contributed by atoms with van der Waals surface area (Å²) in [5.41, 5.74) is 0. The quantitative estimate of drug-likeness (QED) is 0.597. The Hall–Kier alpha value is -0.570. The number of aliphatic hydroxyl groups excluding tert-OH is 1. The van der Waals surface area contributed by atoms with Crippen molar-refractivity contribution >= 4 is 5.91 Å². The Bertz CT molecular complexity index is 158. The van der Waals surface area contributed by atoms with Gasteiger partial charge in [0.25, 0.3) is 0 Å². The molecular formula is C8H15NO2. The Balaban J connectivity index is 2.54. The molecule has 0 aromatic carbocycles. The Labute approximate surface area is 67.0 Å². The van der Waals surface area contributed by atoms with E-state index in [9.17, 15) is 9.90 Å². The zero-order chi connectivity index (χ0) is 8.43. The van der Waals surface area contributed by atoms with Gasteiger partial charge in [0.05, 0.1) is 12.1 Å². The molecule has 3 nitrogen and oxygen atoms in total. The first kappa shape index (κ1) is 8.53. The number of carbonyl (C=O) groups excluding carboxylic acids is 1. The molecule has 0 bridgehead atoms. The number of hydrogen-bond donors (Lipinski definition) is 1. The number of nitrogens with zero attached hydrogens (tertiary/aromatic N) is 1. The smallest absolute Gasteiger partial charge is 0.222 e. The van der Waals surface area contributed by atoms with Gasteiger partial charge in [-0.25, -0.2) is 0 Å². The molecule has 1 aliphatic heterocycles. The maximum absolute atomic E-state index is 11.2. The number of likely N-dealkylation sites (tertiary alicyclic amines) is 1. The molecule has 0 aliphatic carbocycles. The molecule has 0 unspecified atom stereocenters. The highest BCUT2D eigenvalue weighted by molar-refractivity contribution is 5.76. The predicted octanol–water partition coefficient (Wildman–Crippen LogP) is 0.378. The summed E-state index contributed by atoms with van der Waals surface area (Å²) >= 11 is 0. The monoisotopic (exact) mass is 157 g/mol. The van der Waals surface area contributed by atoms with Crippen LogP contribution in [0.4, 0.5) is 0 Å². The van der Waals surface area contributed by atoms with Crippen LogP contribution in [0.2, 0.25) is 0 Å². The second-order valence-electron chi connectivity index (χ2n) is 3.04. The molecule has 0 spiro atoms. The van der Waals surface area contributed by atoms with Crippen LogP contribution in [-0.2, 0) is 4.79 Å². The number of aliphatic hydroxyl groups is 1. The molecule has 1 aliphatic rings. The van der Waals surface area contributed by atoms with E-state index >= 15 is 0 Å². The summed E-state index contributed by atoms with van der Waals surface area (Å²) in [4.78, 5) is 12.9. The molecule has 11 heavy (non-hydrogen) atoms. The van der Waals surface area contributed by atoms with Crippen molar-refractivity contribution in [1.82, 2.24) is 4.90 Å². The molecule has 1 N–H and O–H groups in total. The van der Waals surface area contributed by atoms with Crippen LogP contribution < -0.4 is 0 Å². The van der Waals surface area contributed by atoms with Crippen LogP contribution in [0.3, 0.4) is 0 Å². The first-order valence-electron chi connectivity index (χ1n) is 4.14. The molecule has 1 amide bonds. The molecule has 0 saturated carbocycles. The van der Waals surface area contributed by atoms with E-state index < -0.39 is 0 Å². The molecule has 64 valence electrons. The van der Waals surface area contributed by atoms with Crippen molar-refractivity contribution in [3.8, 4) is 0 Å². The second kappa shape index (κ2) is 3.22. The number of carbonyl (C=O) groups is 1. The van der Waals surface area contributed by atoms with Gasteiger partial charge in [-0.15, -0.1) is 0 Å². The van der Waals surface area contributed by atoms with E-state index in [0.29, 0.717) is 6.42 Å². The largest absolute Gasteiger partial charge is 0.391 e. The average molecular weight is 157 g/mol. The summed E-state index contributed by atoms with van der Waals surface area (Å²) in [7, 11) is 0. The number of hydrogen-bond acceptors (Lipinski definition) is 2. The van der Waals surface area contributed by atoms with Crippen LogP contribution in [0.15, 0.2) is 0 Å². The van der Waals surface area contributed by atoms with Gasteiger partial charge in [-0.3, -0.25) is 4.79 Å². The molecule has 3 heteroatoms. The van der Waals surface area contributed by atoms with Crippen LogP contribution in [0.1, 0.15) is 26.7 Å². The highest BCUT2D eigenvalue weighted by Crippen LogP contribution is 2.17. The van der Waals surface area contributed by atoms with Crippen molar-refractivity contribution in [3.05, 3.63) is 0 Å². The third kappa shape index (κ3) is 1.53. The zero-order valence-corrected chi connectivity index (χ0v) is 7.08. The highest BCUT2D eigenvalue weighted by Gasteiger charge is 2.31. The first-order valence-corrected chi connectivity index (χ1v) is 4.14. The molecule has 0 aromatic heterocycles. The van der Waals surface area contributed by atoms with E-state index in [1.54, 1.807) is 4.90 Å². The minimum atomic E-state index is -0.314. The lowest BCUT2D eigenvalue weighted by atomic mass is 10.2. The van der Waals surface area contributed by atoms with Gasteiger partial charge in [-0.05, 0) is 13.3 Å². The Morgan fingerprint density at radius 3 is 2.73 bits per heavy atom. The maximum atomic E-state index is 11.2. The predicted molar refractivity (Wildman–Crippen MR) is 42.1 cm³/mol. The van der Waals surface area contributed by atoms with Crippen LogP contribution in [0.25, 0.3) is 0 Å². The SMILES string of the molecule is CCC(=O)N1CC[C@@H](O)[C@@H]1C. The third-order valence-electron chi connectivity index (χ3n) is 2.34. The average Bonchev–Trinajstić information content (AvgIpc) is 2.32. The lowest BCUT2D eigenvalue weighted by Gasteiger charge is -2.21. The molecule has 1 heterocycles. The van der Waals surface area contributed by atoms with Crippen LogP contribution in [-0.4, -0.2) is 34.6 Å². The third-order valence-corrected chi connectivity index (χ3v) is 2.34. The Morgan fingerprint density at radius 1 is 1.73 bits per heavy atom. The molecule has 1 rings (SSSR count). The van der Waals surface area contributed by atoms with E-state index in [0.717, 1.165) is 13.0 Å². The van der Waals surface area contributed by atoms with Crippen molar-refractivity contribution in [2.75, 3.05) is 6.54 Å². The summed E-state index contributed by atoms with van der Waals surface area (Å²) in [6, 6.07) is 0.0162. The van der Waals surface area contributed by atoms with Crippen LogP contribution in [0, 0.1) is 0 Å². The molecular weight excluding hydrogens is 142 g/mol. The van der Waals surface area contributed by atoms with Crippen molar-refractivity contribution in [3.63, 3.8) is 0 Å². The van der Waals surface area contributed by atoms with Gasteiger partial charge in [0, 0.05) is 13.0 Å². The lowest BCUT2D eigenvalue weighted by Crippen LogP contribution is -2.36. The van der Waals surface area contributed by atoms with E-state index in [-0.39, 0.29) is 18.1 Å². The van der Waals surface area contributed by atoms with Gasteiger partial charge < -0.3 is 10.0 Å². The first-order chi connectivity index (χ1) is 5.16. The minimum absolute atomic E-state index is 0.0162. The zero-order valence-electron chi connectivity index (χ0n) is 7.08. The molecule has 0 aromatic rings. The molecule has 2 atom stereocenters. The Kier molecular flexibility index (Phi) is 2.49. The summed E-state index contributed by atoms with van der Waals surface area (Å²) in [5.74, 6) is 0.147. The lowest BCUT2D eigenvalue weighted by molar-refractivity contribution is -0.132. The van der Waals surface area contributed by atoms with Crippen molar-refractivity contribution in [2.24, 2.45) is 0 Å². The van der Waals surface area contributed by atoms with E-state index in [2.05, 4.69) is 0 Å². The second-order valence-corrected chi connectivity index (χ2v) is 3.04. The van der Waals surface area contributed by atoms with Crippen LogP contribution in [0.5, 0.6) is 0 Å². The minimum Gasteiger partial charge on any atom is -0.391 e. The van der Waals surface area contributed by atoms with E-state index in [4.69, 9.17) is 0 Å². The topological polar surface area (TPSA) is 40.5 Å². The summed E-state index contributed by atoms with van der Waals surface area (Å²) in [5, 5.41) is 9.32. The van der Waals surface area contributed by atoms with Crippen molar-refractivity contribution in [1.29, 1.82) is 0 Å². The summed E-state index contributed by atoms with van der Waals surface area (Å²) in [6.45, 7) is 4.46. The highest BCUT2D eigenvalue weighted by atomic mass is 16.3. The van der Waals surface area contributed by atoms with Crippen molar-refractivity contribution < 1.29 is 9.90 Å². The number of amides is 1. The molecule has 1 fully saturated rings. The fraction of sp³-hybridized carbons (Fsp3) is 0.875. The standard InChI is InChI=1S/C8H15NO2/c1-3-8(11)9-5-4-7(10)6(9)2/h6-7,10H,3-5H2,1-2H3/t6-,7+/m0/s1. The van der Waals surface area contributed by atoms with Crippen LogP contribution >= 0.6 is 0 Å². The normalized spacial score (nSPS) is 31.0. The van der Waals surface area contributed by atoms with E-state index in [1.807, 2.05) is 13.8 Å². The maximum Gasteiger partial charge on any atom is 0.222 e. The molecule has 0 radical (unpaired) electrons. The summed E-state index contributed by atoms with van der Waals surface area (Å²) < 4.78 is 0. The van der Waals surface area contributed by atoms with Gasteiger partial charge in [0.1, 0.15) is 0 Å². The summed E-state index contributed by atoms with van der Waals surface area (Å²) in [6.07, 6.45) is 0.953. The molecule has 1 saturated heterocycles. The van der Waals surface area contributed by atoms with E-state index in [1.165, 1.54) is 0 Å². The Morgan fingerprint density at radius 2 is 2.36 bits per heavy atom. The fourth-order valence-corrected chi connectivity index (χ4v) is 1.48. The van der Waals surface area contributed by atoms with Gasteiger partial charge >= 0.3 is 0 Å². The van der Waals surface area contributed by atoms with Crippen molar-refractivity contribution in [2.45, 2.75) is 38.8 Å². The number of rotatable bonds is 1. The fourth-order valence-electron chi connectivity index (χ4n) is 1.48. The van der Waals surface area contributed by atoms with Gasteiger partial charge in [-0.2, -0.15) is 0 Å². The van der Waals surface area contributed by atoms with Gasteiger partial charge in [0.2, 0.25) is 5.91 Å². The van der Waals surface area contributed by atoms with Gasteiger partial charge in [0.15, 0.2) is 0 Å².